The molecule has 0 radical (unpaired) electrons. The van der Waals surface area contributed by atoms with Crippen LogP contribution in [0.3, 0.4) is 0 Å². The number of hydrogen-bond acceptors (Lipinski definition) is 5. The molecule has 0 bridgehead atoms. The van der Waals surface area contributed by atoms with Gasteiger partial charge in [0.2, 0.25) is 5.91 Å². The van der Waals surface area contributed by atoms with E-state index in [1.807, 2.05) is 4.72 Å². The highest BCUT2D eigenvalue weighted by molar-refractivity contribution is 7.90. The van der Waals surface area contributed by atoms with Crippen molar-refractivity contribution in [1.29, 1.82) is 0 Å². The highest BCUT2D eigenvalue weighted by atomic mass is 32.2. The number of amides is 2. The van der Waals surface area contributed by atoms with Crippen molar-refractivity contribution < 1.29 is 18.0 Å². The lowest BCUT2D eigenvalue weighted by Gasteiger charge is -2.08. The number of carbonyl (C=O) groups is 2. The molecule has 0 spiro atoms. The van der Waals surface area contributed by atoms with Crippen molar-refractivity contribution >= 4 is 38.9 Å². The summed E-state index contributed by atoms with van der Waals surface area (Å²) in [6, 6.07) is 7.30. The Bertz CT molecular complexity index is 808. The lowest BCUT2D eigenvalue weighted by molar-refractivity contribution is -0.114. The molecule has 22 heavy (non-hydrogen) atoms. The fourth-order valence-corrected chi connectivity index (χ4v) is 3.60. The van der Waals surface area contributed by atoms with E-state index < -0.39 is 15.9 Å². The topological polar surface area (TPSA) is 92.3 Å². The first kappa shape index (κ1) is 16.2. The van der Waals surface area contributed by atoms with Crippen molar-refractivity contribution in [3.8, 4) is 0 Å². The molecule has 2 aromatic rings. The molecule has 0 unspecified atom stereocenters. The van der Waals surface area contributed by atoms with Gasteiger partial charge in [-0.15, -0.1) is 11.3 Å². The third-order valence-electron chi connectivity index (χ3n) is 2.78. The first-order valence-electron chi connectivity index (χ1n) is 6.28. The minimum Gasteiger partial charge on any atom is -0.326 e. The lowest BCUT2D eigenvalue weighted by Crippen LogP contribution is -2.30. The molecule has 0 saturated carbocycles. The van der Waals surface area contributed by atoms with Gasteiger partial charge in [0, 0.05) is 12.6 Å². The van der Waals surface area contributed by atoms with Crippen molar-refractivity contribution in [3.05, 3.63) is 46.2 Å². The largest absolute Gasteiger partial charge is 0.326 e. The van der Waals surface area contributed by atoms with Gasteiger partial charge in [0.1, 0.15) is 0 Å². The van der Waals surface area contributed by atoms with E-state index in [0.29, 0.717) is 10.6 Å². The van der Waals surface area contributed by atoms with Crippen molar-refractivity contribution in [2.24, 2.45) is 0 Å². The third-order valence-corrected chi connectivity index (χ3v) is 5.14. The number of rotatable bonds is 4. The summed E-state index contributed by atoms with van der Waals surface area (Å²) in [5.74, 6) is -0.907. The second-order valence-electron chi connectivity index (χ2n) is 4.57. The molecule has 2 N–H and O–H groups in total. The predicted octanol–water partition coefficient (Wildman–Crippen LogP) is 2.13. The van der Waals surface area contributed by atoms with Crippen LogP contribution in [0.5, 0.6) is 0 Å². The van der Waals surface area contributed by atoms with Gasteiger partial charge in [0.15, 0.2) is 0 Å². The SMILES string of the molecule is CC(=O)Nc1ccc(S(=O)(=O)NC(=O)c2sccc2C)cc1. The summed E-state index contributed by atoms with van der Waals surface area (Å²) in [5.41, 5.74) is 1.20. The van der Waals surface area contributed by atoms with Gasteiger partial charge >= 0.3 is 0 Å². The van der Waals surface area contributed by atoms with Crippen LogP contribution in [-0.2, 0) is 14.8 Å². The van der Waals surface area contributed by atoms with Gasteiger partial charge in [0.25, 0.3) is 15.9 Å². The Labute approximate surface area is 132 Å². The van der Waals surface area contributed by atoms with Gasteiger partial charge in [-0.2, -0.15) is 0 Å². The maximum Gasteiger partial charge on any atom is 0.275 e. The summed E-state index contributed by atoms with van der Waals surface area (Å²) in [5, 5.41) is 4.26. The zero-order valence-corrected chi connectivity index (χ0v) is 13.5. The second-order valence-corrected chi connectivity index (χ2v) is 7.17. The normalized spacial score (nSPS) is 11.0. The standard InChI is InChI=1S/C14H14N2O4S2/c1-9-7-8-21-13(9)14(18)16-22(19,20)12-5-3-11(4-6-12)15-10(2)17/h3-8H,1-2H3,(H,15,17)(H,16,18). The predicted molar refractivity (Wildman–Crippen MR) is 84.5 cm³/mol. The highest BCUT2D eigenvalue weighted by Crippen LogP contribution is 2.18. The molecule has 0 saturated heterocycles. The van der Waals surface area contributed by atoms with Crippen LogP contribution in [0.15, 0.2) is 40.6 Å². The maximum atomic E-state index is 12.2. The maximum absolute atomic E-state index is 12.2. The molecule has 116 valence electrons. The average Bonchev–Trinajstić information content (AvgIpc) is 2.84. The molecule has 0 aliphatic heterocycles. The molecule has 0 aliphatic carbocycles. The van der Waals surface area contributed by atoms with Crippen LogP contribution in [0.1, 0.15) is 22.2 Å². The van der Waals surface area contributed by atoms with E-state index in [9.17, 15) is 18.0 Å². The van der Waals surface area contributed by atoms with E-state index in [1.54, 1.807) is 18.4 Å². The zero-order valence-electron chi connectivity index (χ0n) is 11.9. The first-order chi connectivity index (χ1) is 10.3. The summed E-state index contributed by atoms with van der Waals surface area (Å²) in [4.78, 5) is 23.2. The lowest BCUT2D eigenvalue weighted by atomic mass is 10.3. The number of thiophene rings is 1. The molecular weight excluding hydrogens is 324 g/mol. The highest BCUT2D eigenvalue weighted by Gasteiger charge is 2.20. The zero-order chi connectivity index (χ0) is 16.3. The van der Waals surface area contributed by atoms with Gasteiger partial charge < -0.3 is 5.32 Å². The number of sulfonamides is 1. The van der Waals surface area contributed by atoms with Crippen LogP contribution in [-0.4, -0.2) is 20.2 Å². The van der Waals surface area contributed by atoms with Gasteiger partial charge in [-0.25, -0.2) is 13.1 Å². The molecule has 1 heterocycles. The first-order valence-corrected chi connectivity index (χ1v) is 8.65. The molecule has 1 aromatic carbocycles. The van der Waals surface area contributed by atoms with E-state index in [0.717, 1.165) is 5.56 Å². The van der Waals surface area contributed by atoms with E-state index >= 15 is 0 Å². The molecule has 0 fully saturated rings. The average molecular weight is 338 g/mol. The van der Waals surface area contributed by atoms with Crippen LogP contribution in [0, 0.1) is 6.92 Å². The van der Waals surface area contributed by atoms with Gasteiger partial charge in [-0.1, -0.05) is 0 Å². The third kappa shape index (κ3) is 3.71. The smallest absolute Gasteiger partial charge is 0.275 e. The quantitative estimate of drug-likeness (QED) is 0.893. The number of benzene rings is 1. The van der Waals surface area contributed by atoms with E-state index in [1.165, 1.54) is 42.5 Å². The Morgan fingerprint density at radius 2 is 1.73 bits per heavy atom. The van der Waals surface area contributed by atoms with Crippen LogP contribution < -0.4 is 10.0 Å². The summed E-state index contributed by atoms with van der Waals surface area (Å²) in [7, 11) is -3.95. The Hall–Kier alpha value is -2.19. The Kier molecular flexibility index (Phi) is 4.62. The van der Waals surface area contributed by atoms with Crippen LogP contribution in [0.25, 0.3) is 0 Å². The van der Waals surface area contributed by atoms with E-state index in [2.05, 4.69) is 5.32 Å². The minimum absolute atomic E-state index is 0.0517. The summed E-state index contributed by atoms with van der Waals surface area (Å²) < 4.78 is 26.4. The molecule has 2 amide bonds. The Morgan fingerprint density at radius 1 is 1.09 bits per heavy atom. The number of carbonyl (C=O) groups excluding carboxylic acids is 2. The van der Waals surface area contributed by atoms with Crippen LogP contribution >= 0.6 is 11.3 Å². The monoisotopic (exact) mass is 338 g/mol. The fraction of sp³-hybridized carbons (Fsp3) is 0.143. The molecule has 8 heteroatoms. The summed E-state index contributed by atoms with van der Waals surface area (Å²) >= 11 is 1.18. The van der Waals surface area contributed by atoms with Gasteiger partial charge in [-0.05, 0) is 48.2 Å². The molecular formula is C14H14N2O4S2. The van der Waals surface area contributed by atoms with E-state index in [-0.39, 0.29) is 10.8 Å². The second kappa shape index (κ2) is 6.29. The van der Waals surface area contributed by atoms with Crippen molar-refractivity contribution in [2.45, 2.75) is 18.7 Å². The Balaban J connectivity index is 2.18. The summed E-state index contributed by atoms with van der Waals surface area (Å²) in [6.07, 6.45) is 0. The van der Waals surface area contributed by atoms with Crippen LogP contribution in [0.4, 0.5) is 5.69 Å². The van der Waals surface area contributed by atoms with Crippen molar-refractivity contribution in [1.82, 2.24) is 4.72 Å². The minimum atomic E-state index is -3.95. The molecule has 0 atom stereocenters. The Morgan fingerprint density at radius 3 is 2.23 bits per heavy atom. The van der Waals surface area contributed by atoms with Gasteiger partial charge in [0.05, 0.1) is 9.77 Å². The molecule has 6 nitrogen and oxygen atoms in total. The van der Waals surface area contributed by atoms with Crippen molar-refractivity contribution in [3.63, 3.8) is 0 Å². The summed E-state index contributed by atoms with van der Waals surface area (Å²) in [6.45, 7) is 3.09. The van der Waals surface area contributed by atoms with Crippen molar-refractivity contribution in [2.75, 3.05) is 5.32 Å². The number of aryl methyl sites for hydroxylation is 1. The molecule has 0 aliphatic rings. The number of nitrogens with one attached hydrogen (secondary N) is 2. The number of hydrogen-bond donors (Lipinski definition) is 2. The van der Waals surface area contributed by atoms with E-state index in [4.69, 9.17) is 0 Å². The van der Waals surface area contributed by atoms with Gasteiger partial charge in [-0.3, -0.25) is 9.59 Å². The number of anilines is 1. The van der Waals surface area contributed by atoms with Crippen LogP contribution in [0.2, 0.25) is 0 Å². The molecule has 1 aromatic heterocycles. The molecule has 2 rings (SSSR count). The fourth-order valence-electron chi connectivity index (χ4n) is 1.75.